The maximum Gasteiger partial charge on any atom is 0.329 e. The Morgan fingerprint density at radius 2 is 1.54 bits per heavy atom. The molecule has 5 aliphatic heterocycles. The number of hydrogen-bond acceptors (Lipinski definition) is 14. The largest absolute Gasteiger partial charge is 0.508 e. The summed E-state index contributed by atoms with van der Waals surface area (Å²) in [6.07, 6.45) is 13.4. The maximum absolute atomic E-state index is 17.2. The number of halogens is 3. The Balaban J connectivity index is 0.577. The number of piperidine rings is 2. The Hall–Kier alpha value is -8.41. The van der Waals surface area contributed by atoms with Crippen molar-refractivity contribution in [3.63, 3.8) is 0 Å². The van der Waals surface area contributed by atoms with E-state index in [1.807, 2.05) is 28.0 Å². The number of amides is 5. The van der Waals surface area contributed by atoms with Crippen molar-refractivity contribution in [3.8, 4) is 23.0 Å². The first-order valence-electron chi connectivity index (χ1n) is 32.5. The summed E-state index contributed by atoms with van der Waals surface area (Å²) in [7, 11) is 3.44. The minimum atomic E-state index is -0.996. The number of nitrogens with zero attached hydrogens (tertiary/aromatic N) is 11. The van der Waals surface area contributed by atoms with E-state index < -0.39 is 35.3 Å². The third kappa shape index (κ3) is 12.8. The molecule has 5 saturated heterocycles. The summed E-state index contributed by atoms with van der Waals surface area (Å²) in [4.78, 5) is 99.8. The fraction of sp³-hybridized carbons (Fsp3) is 0.522. The summed E-state index contributed by atoms with van der Waals surface area (Å²) >= 11 is 0. The Labute approximate surface area is 525 Å². The van der Waals surface area contributed by atoms with Crippen LogP contribution in [0.4, 0.5) is 19.0 Å². The molecule has 1 unspecified atom stereocenters. The van der Waals surface area contributed by atoms with Gasteiger partial charge in [-0.3, -0.25) is 53.0 Å². The predicted octanol–water partition coefficient (Wildman–Crippen LogP) is 8.91. The van der Waals surface area contributed by atoms with E-state index in [2.05, 4.69) is 35.6 Å². The van der Waals surface area contributed by atoms with Gasteiger partial charge in [-0.15, -0.1) is 0 Å². The third-order valence-electron chi connectivity index (χ3n) is 19.7. The van der Waals surface area contributed by atoms with Crippen molar-refractivity contribution in [1.29, 1.82) is 0 Å². The molecule has 24 heteroatoms. The van der Waals surface area contributed by atoms with Crippen molar-refractivity contribution in [3.05, 3.63) is 99.4 Å². The molecule has 0 radical (unpaired) electrons. The predicted molar refractivity (Wildman–Crippen MR) is 336 cm³/mol. The highest BCUT2D eigenvalue weighted by Gasteiger charge is 2.49. The van der Waals surface area contributed by atoms with Crippen LogP contribution in [-0.2, 0) is 46.2 Å². The van der Waals surface area contributed by atoms with Crippen LogP contribution in [0.15, 0.2) is 59.5 Å². The average molecular weight is 1250 g/mol. The molecule has 3 aromatic carbocycles. The number of imide groups is 1. The normalized spacial score (nSPS) is 19.9. The third-order valence-corrected chi connectivity index (χ3v) is 19.7. The summed E-state index contributed by atoms with van der Waals surface area (Å²) in [5, 5.41) is 22.1. The number of likely N-dealkylation sites (tertiary alicyclic amines) is 1. The quantitative estimate of drug-likeness (QED) is 0.0425. The molecule has 5 amide bonds. The summed E-state index contributed by atoms with van der Waals surface area (Å²) < 4.78 is 58.2. The first-order valence-corrected chi connectivity index (χ1v) is 32.5. The molecular weight excluding hydrogens is 1170 g/mol. The minimum absolute atomic E-state index is 0.0800. The van der Waals surface area contributed by atoms with Crippen molar-refractivity contribution in [2.75, 3.05) is 64.3 Å². The molecule has 91 heavy (non-hydrogen) atoms. The number of alkyl halides is 1. The molecule has 5 fully saturated rings. The summed E-state index contributed by atoms with van der Waals surface area (Å²) in [6, 6.07) is 12.3. The Kier molecular flexibility index (Phi) is 18.5. The number of benzene rings is 3. The lowest BCUT2D eigenvalue weighted by Gasteiger charge is -2.34. The second-order valence-electron chi connectivity index (χ2n) is 25.4. The highest BCUT2D eigenvalue weighted by molar-refractivity contribution is 6.02. The van der Waals surface area contributed by atoms with Crippen molar-refractivity contribution in [2.24, 2.45) is 14.1 Å². The lowest BCUT2D eigenvalue weighted by atomic mass is 9.88. The standard InChI is InChI=1S/C67H80F3N13O8/c1-4-46-50(69)20-19-42-33-45(84)35-48(57(42)46)59-58(70)60-49(38-71-59)62(75-65(74-60)91-40-67-25-14-26-82(67)39-43(68)36-67)72-37-44-34-51(76-78(44)3)64(89)81-31-29-80(30-32-81)56(87)18-12-10-8-6-5-7-9-11-17-55(86)79-27-23-41(24-28-79)47-15-13-16-52-61(47)77(2)66(90)83(52)53-21-22-54(85)73-63(53)88/h13,15-16,19-20,33-35,38,41,43,53,84H,4-12,14,17-18,21-32,36-37,39-40H2,1-3H3,(H,72,74,75)(H,73,85,88)/t43-,53?,67+/m1/s1. The van der Waals surface area contributed by atoms with E-state index in [1.165, 1.54) is 35.0 Å². The van der Waals surface area contributed by atoms with E-state index in [9.17, 15) is 38.3 Å². The number of imidazole rings is 1. The monoisotopic (exact) mass is 1250 g/mol. The number of nitrogens with one attached hydrogen (secondary N) is 2. The first-order chi connectivity index (χ1) is 44.0. The zero-order valence-corrected chi connectivity index (χ0v) is 52.1. The Morgan fingerprint density at radius 1 is 0.835 bits per heavy atom. The number of unbranched alkanes of at least 4 members (excludes halogenated alkanes) is 7. The molecule has 0 saturated carbocycles. The van der Waals surface area contributed by atoms with Gasteiger partial charge in [-0.05, 0) is 116 Å². The number of phenolic OH excluding ortho intramolecular Hbond substituents is 1. The number of pyridine rings is 1. The molecule has 12 rings (SSSR count). The first kappa shape index (κ1) is 62.8. The Bertz CT molecular complexity index is 4000. The Morgan fingerprint density at radius 3 is 2.25 bits per heavy atom. The van der Waals surface area contributed by atoms with Crippen LogP contribution in [0.3, 0.4) is 0 Å². The van der Waals surface area contributed by atoms with E-state index in [0.717, 1.165) is 94.7 Å². The van der Waals surface area contributed by atoms with Crippen LogP contribution in [-0.4, -0.2) is 159 Å². The second kappa shape index (κ2) is 26.8. The van der Waals surface area contributed by atoms with E-state index >= 15 is 8.78 Å². The minimum Gasteiger partial charge on any atom is -0.508 e. The fourth-order valence-corrected chi connectivity index (χ4v) is 14.8. The molecule has 4 aromatic heterocycles. The number of piperazine rings is 1. The van der Waals surface area contributed by atoms with Gasteiger partial charge in [0.2, 0.25) is 23.6 Å². The number of aryl methyl sites for hydroxylation is 3. The van der Waals surface area contributed by atoms with Crippen LogP contribution in [0.1, 0.15) is 155 Å². The van der Waals surface area contributed by atoms with Crippen LogP contribution in [0.5, 0.6) is 11.8 Å². The van der Waals surface area contributed by atoms with Gasteiger partial charge in [0.25, 0.3) is 5.91 Å². The molecule has 482 valence electrons. The van der Waals surface area contributed by atoms with Gasteiger partial charge in [0.05, 0.1) is 34.2 Å². The molecule has 9 heterocycles. The van der Waals surface area contributed by atoms with Gasteiger partial charge in [-0.25, -0.2) is 18.0 Å². The molecule has 21 nitrogen and oxygen atoms in total. The van der Waals surface area contributed by atoms with Gasteiger partial charge in [-0.1, -0.05) is 63.6 Å². The lowest BCUT2D eigenvalue weighted by molar-refractivity contribution is -0.136. The van der Waals surface area contributed by atoms with Crippen molar-refractivity contribution in [1.82, 2.24) is 58.8 Å². The smallest absolute Gasteiger partial charge is 0.329 e. The molecular formula is C67H80F3N13O8. The number of para-hydroxylation sites is 1. The number of hydrogen-bond donors (Lipinski definition) is 3. The zero-order chi connectivity index (χ0) is 63.7. The number of phenols is 1. The van der Waals surface area contributed by atoms with Gasteiger partial charge >= 0.3 is 11.7 Å². The van der Waals surface area contributed by atoms with Gasteiger partial charge < -0.3 is 29.9 Å². The van der Waals surface area contributed by atoms with Gasteiger partial charge in [0, 0.05) is 97.4 Å². The van der Waals surface area contributed by atoms with Gasteiger partial charge in [0.15, 0.2) is 11.5 Å². The molecule has 5 aliphatic rings. The van der Waals surface area contributed by atoms with Gasteiger partial charge in [-0.2, -0.15) is 15.1 Å². The van der Waals surface area contributed by atoms with Crippen LogP contribution in [0, 0.1) is 11.6 Å². The van der Waals surface area contributed by atoms with Crippen molar-refractivity contribution >= 4 is 68.1 Å². The average Bonchev–Trinajstić information content (AvgIpc) is 1.75. The zero-order valence-electron chi connectivity index (χ0n) is 52.1. The van der Waals surface area contributed by atoms with E-state index in [1.54, 1.807) is 41.2 Å². The summed E-state index contributed by atoms with van der Waals surface area (Å²) in [5.74, 6) is -1.90. The molecule has 0 aliphatic carbocycles. The van der Waals surface area contributed by atoms with Crippen molar-refractivity contribution < 1.29 is 47.0 Å². The van der Waals surface area contributed by atoms with E-state index in [4.69, 9.17) is 4.74 Å². The number of aromatic hydroxyl groups is 1. The summed E-state index contributed by atoms with van der Waals surface area (Å²) in [6.45, 7) is 5.90. The topological polar surface area (TPSA) is 235 Å². The van der Waals surface area contributed by atoms with Crippen LogP contribution in [0.2, 0.25) is 0 Å². The molecule has 3 N–H and O–H groups in total. The van der Waals surface area contributed by atoms with Crippen LogP contribution >= 0.6 is 0 Å². The van der Waals surface area contributed by atoms with Gasteiger partial charge in [0.1, 0.15) is 47.4 Å². The van der Waals surface area contributed by atoms with E-state index in [0.29, 0.717) is 99.0 Å². The second-order valence-corrected chi connectivity index (χ2v) is 25.4. The number of rotatable bonds is 22. The van der Waals surface area contributed by atoms with Crippen LogP contribution < -0.4 is 21.1 Å². The number of aromatic nitrogens is 7. The SMILES string of the molecule is CCc1c(F)ccc2cc(O)cc(-c3ncc4c(NCc5cc(C(=O)N6CCN(C(=O)CCCCCCCCCCC(=O)N7CCC(c8cccc9c8n(C)c(=O)n9C8CCC(=O)NC8=O)CC7)CC6)nn5C)nc(OC[C@@]56CCCN5C[C@H](F)C6)nc4c3F)c12. The van der Waals surface area contributed by atoms with E-state index in [-0.39, 0.29) is 107 Å². The maximum atomic E-state index is 17.2. The van der Waals surface area contributed by atoms with Crippen molar-refractivity contribution in [2.45, 2.75) is 153 Å². The number of fused-ring (bicyclic) bond motifs is 4. The fourth-order valence-electron chi connectivity index (χ4n) is 14.8. The number of ether oxygens (including phenoxy) is 1. The molecule has 0 spiro atoms. The highest BCUT2D eigenvalue weighted by Crippen LogP contribution is 2.42. The number of carbonyl (C=O) groups excluding carboxylic acids is 5. The summed E-state index contributed by atoms with van der Waals surface area (Å²) in [5.41, 5.74) is 2.78. The molecule has 3 atom stereocenters. The molecule has 7 aromatic rings. The lowest BCUT2D eigenvalue weighted by Crippen LogP contribution is -2.50. The number of anilines is 1. The highest BCUT2D eigenvalue weighted by atomic mass is 19.1. The molecule has 0 bridgehead atoms. The van der Waals surface area contributed by atoms with Crippen LogP contribution in [0.25, 0.3) is 44.0 Å². The number of carbonyl (C=O) groups is 5.